The monoisotopic (exact) mass is 670 g/mol. The Morgan fingerprint density at radius 3 is 2.54 bits per heavy atom. The molecular formula is C33H59FN6O5S. The molecule has 5 N–H and O–H groups in total. The molecule has 2 heterocycles. The highest BCUT2D eigenvalue weighted by molar-refractivity contribution is 7.81. The average Bonchev–Trinajstić information content (AvgIpc) is 3.44. The quantitative estimate of drug-likeness (QED) is 0.106. The van der Waals surface area contributed by atoms with Gasteiger partial charge in [0.2, 0.25) is 5.91 Å². The molecule has 2 aliphatic heterocycles. The van der Waals surface area contributed by atoms with Crippen molar-refractivity contribution in [2.24, 2.45) is 17.8 Å². The molecule has 4 fully saturated rings. The molecule has 3 aliphatic carbocycles. The van der Waals surface area contributed by atoms with E-state index in [1.165, 1.54) is 25.7 Å². The summed E-state index contributed by atoms with van der Waals surface area (Å²) in [5.74, 6) is 0.733. The summed E-state index contributed by atoms with van der Waals surface area (Å²) in [6.07, 6.45) is 20.3. The van der Waals surface area contributed by atoms with E-state index in [1.54, 1.807) is 0 Å². The second kappa shape index (κ2) is 18.5. The number of ether oxygens (including phenoxy) is 1. The lowest BCUT2D eigenvalue weighted by molar-refractivity contribution is -0.126. The molecule has 1 amide bonds. The largest absolute Gasteiger partial charge is 0.437 e. The summed E-state index contributed by atoms with van der Waals surface area (Å²) in [6, 6.07) is 0.282. The van der Waals surface area contributed by atoms with Crippen LogP contribution in [0.4, 0.5) is 3.89 Å². The maximum Gasteiger partial charge on any atom is 0.437 e. The summed E-state index contributed by atoms with van der Waals surface area (Å²) in [4.78, 5) is 15.8. The predicted octanol–water partition coefficient (Wildman–Crippen LogP) is 3.40. The summed E-state index contributed by atoms with van der Waals surface area (Å²) in [7, 11) is -4.95. The van der Waals surface area contributed by atoms with Crippen LogP contribution in [0.15, 0.2) is 12.2 Å². The minimum atomic E-state index is -4.95. The summed E-state index contributed by atoms with van der Waals surface area (Å²) in [5, 5.41) is 10.4. The van der Waals surface area contributed by atoms with E-state index in [0.29, 0.717) is 37.6 Å². The first-order chi connectivity index (χ1) is 22.3. The van der Waals surface area contributed by atoms with Crippen molar-refractivity contribution >= 4 is 16.4 Å². The minimum Gasteiger partial charge on any atom is -0.378 e. The van der Waals surface area contributed by atoms with E-state index in [1.807, 2.05) is 0 Å². The van der Waals surface area contributed by atoms with E-state index in [-0.39, 0.29) is 30.0 Å². The second-order valence-electron chi connectivity index (χ2n) is 14.3. The Labute approximate surface area is 276 Å². The van der Waals surface area contributed by atoms with Gasteiger partial charge in [0.25, 0.3) is 0 Å². The molecule has 7 atom stereocenters. The summed E-state index contributed by atoms with van der Waals surface area (Å²) >= 11 is 0. The molecule has 0 radical (unpaired) electrons. The molecule has 5 rings (SSSR count). The smallest absolute Gasteiger partial charge is 0.378 e. The van der Waals surface area contributed by atoms with Crippen molar-refractivity contribution in [3.8, 4) is 0 Å². The van der Waals surface area contributed by atoms with Crippen molar-refractivity contribution in [1.82, 2.24) is 31.7 Å². The summed E-state index contributed by atoms with van der Waals surface area (Å²) in [5.41, 5.74) is 7.24. The first-order valence-corrected chi connectivity index (χ1v) is 19.5. The Balaban J connectivity index is 1.06. The van der Waals surface area contributed by atoms with Crippen molar-refractivity contribution in [2.45, 2.75) is 133 Å². The lowest BCUT2D eigenvalue weighted by Crippen LogP contribution is -2.51. The summed E-state index contributed by atoms with van der Waals surface area (Å²) in [6.45, 7) is 5.20. The van der Waals surface area contributed by atoms with Gasteiger partial charge in [-0.3, -0.25) is 9.69 Å². The van der Waals surface area contributed by atoms with Gasteiger partial charge in [-0.1, -0.05) is 28.9 Å². The van der Waals surface area contributed by atoms with Crippen LogP contribution in [0.25, 0.3) is 0 Å². The molecular weight excluding hydrogens is 611 g/mol. The Kier molecular flexibility index (Phi) is 14.5. The van der Waals surface area contributed by atoms with Crippen molar-refractivity contribution < 1.29 is 26.0 Å². The molecule has 0 aromatic heterocycles. The average molecular weight is 671 g/mol. The van der Waals surface area contributed by atoms with Crippen molar-refractivity contribution in [3.05, 3.63) is 12.2 Å². The van der Waals surface area contributed by atoms with Crippen LogP contribution in [0.1, 0.15) is 103 Å². The predicted molar refractivity (Wildman–Crippen MR) is 176 cm³/mol. The number of amides is 1. The number of hydrogen-bond donors (Lipinski definition) is 5. The number of carbonyl (C=O) groups excluding carboxylic acids is 1. The highest BCUT2D eigenvalue weighted by Gasteiger charge is 2.38. The Hall–Kier alpha value is -1.19. The van der Waals surface area contributed by atoms with Gasteiger partial charge < -0.3 is 20.7 Å². The first-order valence-electron chi connectivity index (χ1n) is 18.2. The van der Waals surface area contributed by atoms with Gasteiger partial charge in [0, 0.05) is 38.2 Å². The van der Waals surface area contributed by atoms with Crippen LogP contribution < -0.4 is 26.8 Å². The molecule has 2 saturated heterocycles. The molecule has 11 nitrogen and oxygen atoms in total. The fraction of sp³-hybridized carbons (Fsp3) is 0.909. The number of piperidine rings is 1. The number of allylic oxidation sites excluding steroid dienone is 2. The molecule has 0 aromatic carbocycles. The highest BCUT2D eigenvalue weighted by Crippen LogP contribution is 2.29. The molecule has 2 saturated carbocycles. The van der Waals surface area contributed by atoms with E-state index in [2.05, 4.69) is 48.0 Å². The normalized spacial score (nSPS) is 34.5. The van der Waals surface area contributed by atoms with Crippen LogP contribution in [0.5, 0.6) is 0 Å². The van der Waals surface area contributed by atoms with E-state index < -0.39 is 16.6 Å². The van der Waals surface area contributed by atoms with E-state index in [4.69, 9.17) is 4.74 Å². The van der Waals surface area contributed by atoms with Gasteiger partial charge in [-0.15, -0.1) is 0 Å². The third-order valence-electron chi connectivity index (χ3n) is 10.8. The Morgan fingerprint density at radius 2 is 1.70 bits per heavy atom. The molecule has 0 aromatic rings. The topological polar surface area (TPSA) is 133 Å². The lowest BCUT2D eigenvalue weighted by Gasteiger charge is -2.36. The highest BCUT2D eigenvalue weighted by atomic mass is 32.3. The van der Waals surface area contributed by atoms with E-state index in [0.717, 1.165) is 97.0 Å². The van der Waals surface area contributed by atoms with Crippen molar-refractivity contribution in [1.29, 1.82) is 0 Å². The Bertz CT molecular complexity index is 1060. The van der Waals surface area contributed by atoms with Gasteiger partial charge in [0.05, 0.1) is 24.5 Å². The van der Waals surface area contributed by atoms with Crippen LogP contribution in [0.3, 0.4) is 0 Å². The van der Waals surface area contributed by atoms with Gasteiger partial charge in [-0.2, -0.15) is 8.42 Å². The molecule has 13 heteroatoms. The molecule has 264 valence electrons. The number of hydrazine groups is 1. The first kappa shape index (κ1) is 36.1. The number of nitrogens with one attached hydrogen (secondary N) is 5. The van der Waals surface area contributed by atoms with Gasteiger partial charge in [0.1, 0.15) is 0 Å². The SMILES string of the molecule is O=C(NCC1CCCC(OS(=O)(=O)F)C1)C1CCCC(NCC2NNC(C3CCNCC3)N2CCCOC2CC/C=C\CCC2)C1. The van der Waals surface area contributed by atoms with Crippen LogP contribution >= 0.6 is 0 Å². The van der Waals surface area contributed by atoms with Crippen LogP contribution in [-0.2, 0) is 24.2 Å². The number of nitrogens with zero attached hydrogens (tertiary/aromatic N) is 1. The van der Waals surface area contributed by atoms with Crippen molar-refractivity contribution in [2.75, 3.05) is 39.3 Å². The van der Waals surface area contributed by atoms with Crippen LogP contribution in [0, 0.1) is 17.8 Å². The summed E-state index contributed by atoms with van der Waals surface area (Å²) < 4.78 is 45.7. The standard InChI is InChI=1S/C33H59FN6O5S/c34-46(42,43)45-30-14-6-9-25(21-30)23-37-33(41)27-10-7-11-28(22-27)36-24-31-38-39-32(26-15-17-35-18-16-26)40(31)19-8-20-44-29-12-4-2-1-3-5-13-29/h1-2,25-32,35-36,38-39H,3-24H2,(H,37,41)/b2-1-. The van der Waals surface area contributed by atoms with Gasteiger partial charge in [-0.25, -0.2) is 15.0 Å². The van der Waals surface area contributed by atoms with E-state index >= 15 is 0 Å². The lowest BCUT2D eigenvalue weighted by atomic mass is 9.84. The minimum absolute atomic E-state index is 0.0396. The number of rotatable bonds is 14. The molecule has 5 aliphatic rings. The third kappa shape index (κ3) is 11.7. The third-order valence-corrected chi connectivity index (χ3v) is 11.3. The zero-order valence-electron chi connectivity index (χ0n) is 27.6. The second-order valence-corrected chi connectivity index (χ2v) is 15.2. The van der Waals surface area contributed by atoms with Crippen LogP contribution in [-0.4, -0.2) is 89.1 Å². The number of hydrogen-bond acceptors (Lipinski definition) is 10. The van der Waals surface area contributed by atoms with Crippen molar-refractivity contribution in [3.63, 3.8) is 0 Å². The van der Waals surface area contributed by atoms with E-state index in [9.17, 15) is 17.1 Å². The van der Waals surface area contributed by atoms with Crippen LogP contribution in [0.2, 0.25) is 0 Å². The zero-order valence-corrected chi connectivity index (χ0v) is 28.4. The Morgan fingerprint density at radius 1 is 0.891 bits per heavy atom. The fourth-order valence-electron chi connectivity index (χ4n) is 8.30. The maximum atomic E-state index is 13.1. The molecule has 7 unspecified atom stereocenters. The fourth-order valence-corrected chi connectivity index (χ4v) is 8.80. The molecule has 0 spiro atoms. The van der Waals surface area contributed by atoms with Gasteiger partial charge >= 0.3 is 10.5 Å². The molecule has 0 bridgehead atoms. The van der Waals surface area contributed by atoms with Gasteiger partial charge in [0.15, 0.2) is 0 Å². The maximum absolute atomic E-state index is 13.1. The molecule has 46 heavy (non-hydrogen) atoms. The zero-order chi connectivity index (χ0) is 32.2. The van der Waals surface area contributed by atoms with Gasteiger partial charge in [-0.05, 0) is 115 Å². The number of halogens is 1. The number of carbonyl (C=O) groups is 1.